The third-order valence-corrected chi connectivity index (χ3v) is 4.47. The molecule has 1 aliphatic carbocycles. The third-order valence-electron chi connectivity index (χ3n) is 4.47. The van der Waals surface area contributed by atoms with Crippen molar-refractivity contribution in [2.45, 2.75) is 51.2 Å². The van der Waals surface area contributed by atoms with Crippen LogP contribution >= 0.6 is 0 Å². The second-order valence-electron chi connectivity index (χ2n) is 5.96. The number of methoxy groups -OCH3 is 1. The van der Waals surface area contributed by atoms with Gasteiger partial charge in [0.05, 0.1) is 24.4 Å². The summed E-state index contributed by atoms with van der Waals surface area (Å²) in [5, 5.41) is 0. The summed E-state index contributed by atoms with van der Waals surface area (Å²) in [6.07, 6.45) is 7.97. The molecule has 1 aliphatic rings. The molecule has 3 atom stereocenters. The second kappa shape index (κ2) is 7.20. The average molecular weight is 293 g/mol. The molecule has 1 fully saturated rings. The summed E-state index contributed by atoms with van der Waals surface area (Å²) in [7, 11) is 1.78. The first kappa shape index (κ1) is 16.2. The van der Waals surface area contributed by atoms with Gasteiger partial charge < -0.3 is 9.47 Å². The molecule has 0 saturated heterocycles. The number of hydrazine groups is 1. The zero-order valence-electron chi connectivity index (χ0n) is 13.3. The van der Waals surface area contributed by atoms with Crippen LogP contribution in [0.2, 0.25) is 0 Å². The lowest BCUT2D eigenvalue weighted by Crippen LogP contribution is -2.50. The number of nitrogens with two attached hydrogens (primary N) is 1. The lowest BCUT2D eigenvalue weighted by atomic mass is 9.73. The van der Waals surface area contributed by atoms with Crippen molar-refractivity contribution in [1.29, 1.82) is 0 Å². The van der Waals surface area contributed by atoms with E-state index >= 15 is 0 Å². The minimum Gasteiger partial charge on any atom is -0.492 e. The highest BCUT2D eigenvalue weighted by molar-refractivity contribution is 5.28. The van der Waals surface area contributed by atoms with Gasteiger partial charge in [0.1, 0.15) is 5.75 Å². The smallest absolute Gasteiger partial charge is 0.137 e. The van der Waals surface area contributed by atoms with Crippen molar-refractivity contribution in [2.24, 2.45) is 11.8 Å². The SMILES string of the molecule is CCOc1cncc(C(NN)C2(OC)CCCC(C)C2)c1. The highest BCUT2D eigenvalue weighted by Gasteiger charge is 2.42. The van der Waals surface area contributed by atoms with E-state index in [4.69, 9.17) is 15.3 Å². The van der Waals surface area contributed by atoms with Crippen LogP contribution in [0.1, 0.15) is 51.1 Å². The first-order valence-corrected chi connectivity index (χ1v) is 7.74. The normalized spacial score (nSPS) is 27.3. The van der Waals surface area contributed by atoms with Crippen molar-refractivity contribution < 1.29 is 9.47 Å². The van der Waals surface area contributed by atoms with Gasteiger partial charge in [0.2, 0.25) is 0 Å². The van der Waals surface area contributed by atoms with Crippen LogP contribution < -0.4 is 16.0 Å². The van der Waals surface area contributed by atoms with Crippen LogP contribution in [0.15, 0.2) is 18.5 Å². The molecule has 1 aromatic rings. The summed E-state index contributed by atoms with van der Waals surface area (Å²) in [6.45, 7) is 4.86. The fourth-order valence-electron chi connectivity index (χ4n) is 3.50. The van der Waals surface area contributed by atoms with Gasteiger partial charge in [-0.3, -0.25) is 16.3 Å². The fraction of sp³-hybridized carbons (Fsp3) is 0.688. The molecule has 0 aliphatic heterocycles. The quantitative estimate of drug-likeness (QED) is 0.623. The molecular weight excluding hydrogens is 266 g/mol. The van der Waals surface area contributed by atoms with Gasteiger partial charge in [-0.25, -0.2) is 0 Å². The Balaban J connectivity index is 2.30. The first-order chi connectivity index (χ1) is 10.1. The minimum atomic E-state index is -0.279. The average Bonchev–Trinajstić information content (AvgIpc) is 2.49. The van der Waals surface area contributed by atoms with E-state index in [-0.39, 0.29) is 11.6 Å². The lowest BCUT2D eigenvalue weighted by molar-refractivity contribution is -0.0807. The number of rotatable bonds is 6. The van der Waals surface area contributed by atoms with Gasteiger partial charge >= 0.3 is 0 Å². The number of aromatic nitrogens is 1. The maximum atomic E-state index is 5.95. The predicted molar refractivity (Wildman–Crippen MR) is 82.8 cm³/mol. The van der Waals surface area contributed by atoms with Crippen molar-refractivity contribution >= 4 is 0 Å². The third kappa shape index (κ3) is 3.54. The number of hydrogen-bond donors (Lipinski definition) is 2. The van der Waals surface area contributed by atoms with E-state index in [1.54, 1.807) is 13.3 Å². The van der Waals surface area contributed by atoms with Crippen molar-refractivity contribution in [3.05, 3.63) is 24.0 Å². The number of nitrogens with zero attached hydrogens (tertiary/aromatic N) is 1. The van der Waals surface area contributed by atoms with Crippen LogP contribution in [-0.4, -0.2) is 24.3 Å². The fourth-order valence-corrected chi connectivity index (χ4v) is 3.50. The number of nitrogens with one attached hydrogen (secondary N) is 1. The number of pyridine rings is 1. The topological polar surface area (TPSA) is 69.4 Å². The standard InChI is InChI=1S/C16H27N3O2/c1-4-21-14-8-13(10-18-11-14)15(19-17)16(20-3)7-5-6-12(2)9-16/h8,10-12,15,19H,4-7,9,17H2,1-3H3. The van der Waals surface area contributed by atoms with Crippen molar-refractivity contribution in [3.63, 3.8) is 0 Å². The lowest BCUT2D eigenvalue weighted by Gasteiger charge is -2.44. The molecule has 3 N–H and O–H groups in total. The molecule has 0 radical (unpaired) electrons. The molecule has 0 aromatic carbocycles. The molecule has 0 amide bonds. The van der Waals surface area contributed by atoms with Crippen molar-refractivity contribution in [3.8, 4) is 5.75 Å². The van der Waals surface area contributed by atoms with Gasteiger partial charge in [0, 0.05) is 13.3 Å². The molecule has 5 nitrogen and oxygen atoms in total. The summed E-state index contributed by atoms with van der Waals surface area (Å²) in [5.41, 5.74) is 3.68. The Morgan fingerprint density at radius 2 is 2.33 bits per heavy atom. The van der Waals surface area contributed by atoms with Gasteiger partial charge in [-0.15, -0.1) is 0 Å². The van der Waals surface area contributed by atoms with Crippen LogP contribution in [0.4, 0.5) is 0 Å². The molecule has 3 unspecified atom stereocenters. The molecule has 1 aromatic heterocycles. The van der Waals surface area contributed by atoms with Gasteiger partial charge in [0.25, 0.3) is 0 Å². The Morgan fingerprint density at radius 3 is 2.95 bits per heavy atom. The summed E-state index contributed by atoms with van der Waals surface area (Å²) < 4.78 is 11.5. The Hall–Kier alpha value is -1.17. The monoisotopic (exact) mass is 293 g/mol. The van der Waals surface area contributed by atoms with Crippen LogP contribution in [-0.2, 0) is 4.74 Å². The van der Waals surface area contributed by atoms with Crippen LogP contribution in [0, 0.1) is 5.92 Å². The van der Waals surface area contributed by atoms with Gasteiger partial charge in [0.15, 0.2) is 0 Å². The predicted octanol–water partition coefficient (Wildman–Crippen LogP) is 2.58. The zero-order valence-corrected chi connectivity index (χ0v) is 13.3. The molecule has 0 bridgehead atoms. The second-order valence-corrected chi connectivity index (χ2v) is 5.96. The molecule has 118 valence electrons. The van der Waals surface area contributed by atoms with E-state index in [1.165, 1.54) is 6.42 Å². The van der Waals surface area contributed by atoms with Crippen LogP contribution in [0.5, 0.6) is 5.75 Å². The maximum absolute atomic E-state index is 5.95. The minimum absolute atomic E-state index is 0.0850. The zero-order chi connectivity index (χ0) is 15.3. The van der Waals surface area contributed by atoms with Crippen molar-refractivity contribution in [1.82, 2.24) is 10.4 Å². The van der Waals surface area contributed by atoms with E-state index < -0.39 is 0 Å². The number of hydrogen-bond acceptors (Lipinski definition) is 5. The Bertz CT molecular complexity index is 455. The molecular formula is C16H27N3O2. The van der Waals surface area contributed by atoms with E-state index in [1.807, 2.05) is 19.2 Å². The Labute approximate surface area is 127 Å². The van der Waals surface area contributed by atoms with Crippen LogP contribution in [0.3, 0.4) is 0 Å². The van der Waals surface area contributed by atoms with Gasteiger partial charge in [-0.2, -0.15) is 0 Å². The van der Waals surface area contributed by atoms with Crippen molar-refractivity contribution in [2.75, 3.05) is 13.7 Å². The highest BCUT2D eigenvalue weighted by Crippen LogP contribution is 2.43. The Kier molecular flexibility index (Phi) is 5.56. The number of ether oxygens (including phenoxy) is 2. The van der Waals surface area contributed by atoms with E-state index in [0.717, 1.165) is 30.6 Å². The highest BCUT2D eigenvalue weighted by atomic mass is 16.5. The molecule has 1 saturated carbocycles. The van der Waals surface area contributed by atoms with Gasteiger partial charge in [-0.1, -0.05) is 19.8 Å². The molecule has 5 heteroatoms. The summed E-state index contributed by atoms with van der Waals surface area (Å²) in [4.78, 5) is 4.28. The van der Waals surface area contributed by atoms with Gasteiger partial charge in [-0.05, 0) is 37.3 Å². The summed E-state index contributed by atoms with van der Waals surface area (Å²) in [6, 6.07) is 1.92. The molecule has 2 rings (SSSR count). The Morgan fingerprint density at radius 1 is 1.52 bits per heavy atom. The first-order valence-electron chi connectivity index (χ1n) is 7.74. The van der Waals surface area contributed by atoms with E-state index in [0.29, 0.717) is 12.5 Å². The summed E-state index contributed by atoms with van der Waals surface area (Å²) >= 11 is 0. The molecule has 1 heterocycles. The maximum Gasteiger partial charge on any atom is 0.137 e. The molecule has 0 spiro atoms. The van der Waals surface area contributed by atoms with E-state index in [2.05, 4.69) is 17.3 Å². The summed E-state index contributed by atoms with van der Waals surface area (Å²) in [5.74, 6) is 7.27. The van der Waals surface area contributed by atoms with Crippen LogP contribution in [0.25, 0.3) is 0 Å². The largest absolute Gasteiger partial charge is 0.492 e. The van der Waals surface area contributed by atoms with E-state index in [9.17, 15) is 0 Å². The molecule has 21 heavy (non-hydrogen) atoms.